The highest BCUT2D eigenvalue weighted by Crippen LogP contribution is 2.45. The molecule has 1 saturated heterocycles. The van der Waals surface area contributed by atoms with Gasteiger partial charge in [-0.2, -0.15) is 0 Å². The van der Waals surface area contributed by atoms with Gasteiger partial charge in [0, 0.05) is 41.5 Å². The molecule has 1 aromatic heterocycles. The van der Waals surface area contributed by atoms with Gasteiger partial charge < -0.3 is 25.3 Å². The Morgan fingerprint density at radius 2 is 1.97 bits per heavy atom. The molecule has 3 N–H and O–H groups in total. The maximum Gasteiger partial charge on any atom is 0.128 e. The number of nitrogen functional groups attached to an aromatic ring is 1. The molecule has 0 radical (unpaired) electrons. The number of ether oxygens (including phenoxy) is 3. The molecule has 2 aliphatic rings. The first-order chi connectivity index (χ1) is 14.2. The Kier molecular flexibility index (Phi) is 4.64. The van der Waals surface area contributed by atoms with Crippen molar-refractivity contribution in [3.05, 3.63) is 53.6 Å². The molecule has 6 nitrogen and oxygen atoms in total. The maximum atomic E-state index is 6.41. The van der Waals surface area contributed by atoms with Gasteiger partial charge in [0.25, 0.3) is 0 Å². The zero-order valence-electron chi connectivity index (χ0n) is 16.5. The number of benzene rings is 2. The Balaban J connectivity index is 1.58. The fourth-order valence-electron chi connectivity index (χ4n) is 4.37. The second-order valence-corrected chi connectivity index (χ2v) is 7.60. The SMILES string of the molecule is COc1cccc2c1C(c1cc3c(NC4CCOCC4)cccc3nc1N)CO2. The van der Waals surface area contributed by atoms with Crippen LogP contribution in [0.3, 0.4) is 0 Å². The molecule has 0 saturated carbocycles. The fourth-order valence-corrected chi connectivity index (χ4v) is 4.37. The van der Waals surface area contributed by atoms with Crippen LogP contribution in [-0.4, -0.2) is 38.0 Å². The molecule has 29 heavy (non-hydrogen) atoms. The number of pyridine rings is 1. The molecule has 6 heteroatoms. The van der Waals surface area contributed by atoms with Crippen molar-refractivity contribution in [2.75, 3.05) is 38.0 Å². The van der Waals surface area contributed by atoms with Crippen LogP contribution in [0.1, 0.15) is 29.9 Å². The summed E-state index contributed by atoms with van der Waals surface area (Å²) in [6.45, 7) is 2.13. The quantitative estimate of drug-likeness (QED) is 0.701. The molecule has 3 heterocycles. The lowest BCUT2D eigenvalue weighted by Crippen LogP contribution is -2.27. The zero-order chi connectivity index (χ0) is 19.8. The third-order valence-electron chi connectivity index (χ3n) is 5.88. The van der Waals surface area contributed by atoms with E-state index >= 15 is 0 Å². The van der Waals surface area contributed by atoms with E-state index in [9.17, 15) is 0 Å². The van der Waals surface area contributed by atoms with Crippen molar-refractivity contribution in [2.45, 2.75) is 24.8 Å². The highest BCUT2D eigenvalue weighted by Gasteiger charge is 2.31. The summed E-state index contributed by atoms with van der Waals surface area (Å²) in [5.74, 6) is 2.20. The summed E-state index contributed by atoms with van der Waals surface area (Å²) in [4.78, 5) is 4.72. The van der Waals surface area contributed by atoms with Crippen molar-refractivity contribution >= 4 is 22.4 Å². The third kappa shape index (κ3) is 3.23. The molecule has 0 aliphatic carbocycles. The van der Waals surface area contributed by atoms with E-state index in [-0.39, 0.29) is 5.92 Å². The van der Waals surface area contributed by atoms with Crippen LogP contribution < -0.4 is 20.5 Å². The van der Waals surface area contributed by atoms with E-state index < -0.39 is 0 Å². The third-order valence-corrected chi connectivity index (χ3v) is 5.88. The molecule has 1 fully saturated rings. The van der Waals surface area contributed by atoms with Crippen LogP contribution in [-0.2, 0) is 4.74 Å². The molecule has 0 bridgehead atoms. The molecule has 2 aliphatic heterocycles. The summed E-state index contributed by atoms with van der Waals surface area (Å²) in [7, 11) is 1.68. The second-order valence-electron chi connectivity index (χ2n) is 7.60. The maximum absolute atomic E-state index is 6.41. The minimum absolute atomic E-state index is 0.00538. The van der Waals surface area contributed by atoms with Crippen LogP contribution in [0.25, 0.3) is 10.9 Å². The molecule has 1 unspecified atom stereocenters. The number of anilines is 2. The van der Waals surface area contributed by atoms with Crippen molar-refractivity contribution in [1.29, 1.82) is 0 Å². The summed E-state index contributed by atoms with van der Waals surface area (Å²) in [5.41, 5.74) is 10.4. The highest BCUT2D eigenvalue weighted by atomic mass is 16.5. The largest absolute Gasteiger partial charge is 0.496 e. The van der Waals surface area contributed by atoms with Crippen LogP contribution in [0.4, 0.5) is 11.5 Å². The van der Waals surface area contributed by atoms with Crippen molar-refractivity contribution in [1.82, 2.24) is 4.98 Å². The number of fused-ring (bicyclic) bond motifs is 2. The number of hydrogen-bond donors (Lipinski definition) is 2. The van der Waals surface area contributed by atoms with E-state index in [1.54, 1.807) is 7.11 Å². The summed E-state index contributed by atoms with van der Waals surface area (Å²) in [5, 5.41) is 4.76. The van der Waals surface area contributed by atoms with E-state index in [1.807, 2.05) is 30.3 Å². The van der Waals surface area contributed by atoms with Crippen molar-refractivity contribution in [3.63, 3.8) is 0 Å². The van der Waals surface area contributed by atoms with Crippen molar-refractivity contribution < 1.29 is 14.2 Å². The molecule has 150 valence electrons. The van der Waals surface area contributed by atoms with Gasteiger partial charge in [0.05, 0.1) is 25.2 Å². The zero-order valence-corrected chi connectivity index (χ0v) is 16.5. The minimum Gasteiger partial charge on any atom is -0.496 e. The lowest BCUT2D eigenvalue weighted by Gasteiger charge is -2.25. The molecular formula is C23H25N3O3. The highest BCUT2D eigenvalue weighted by molar-refractivity contribution is 5.93. The van der Waals surface area contributed by atoms with Gasteiger partial charge in [0.15, 0.2) is 0 Å². The van der Waals surface area contributed by atoms with Gasteiger partial charge in [0.1, 0.15) is 17.3 Å². The number of nitrogens with two attached hydrogens (primary N) is 1. The minimum atomic E-state index is -0.00538. The predicted molar refractivity (Wildman–Crippen MR) is 114 cm³/mol. The summed E-state index contributed by atoms with van der Waals surface area (Å²) in [6, 6.07) is 14.6. The fraction of sp³-hybridized carbons (Fsp3) is 0.348. The van der Waals surface area contributed by atoms with Gasteiger partial charge >= 0.3 is 0 Å². The number of nitrogens with one attached hydrogen (secondary N) is 1. The molecular weight excluding hydrogens is 366 g/mol. The number of hydrogen-bond acceptors (Lipinski definition) is 6. The molecule has 0 amide bonds. The molecule has 1 atom stereocenters. The normalized spacial score (nSPS) is 19.0. The standard InChI is InChI=1S/C23H25N3O3/c1-27-20-6-3-7-21-22(20)17(13-29-21)15-12-16-18(25-14-8-10-28-11-9-14)4-2-5-19(16)26-23(15)24/h2-7,12,14,17,25H,8-11,13H2,1H3,(H2,24,26). The number of nitrogens with zero attached hydrogens (tertiary/aromatic N) is 1. The number of rotatable bonds is 4. The predicted octanol–water partition coefficient (Wildman–Crippen LogP) is 3.94. The summed E-state index contributed by atoms with van der Waals surface area (Å²) < 4.78 is 17.0. The van der Waals surface area contributed by atoms with Crippen LogP contribution in [0.2, 0.25) is 0 Å². The van der Waals surface area contributed by atoms with Gasteiger partial charge in [-0.3, -0.25) is 0 Å². The number of methoxy groups -OCH3 is 1. The van der Waals surface area contributed by atoms with Crippen LogP contribution in [0, 0.1) is 0 Å². The second kappa shape index (κ2) is 7.44. The van der Waals surface area contributed by atoms with E-state index in [1.165, 1.54) is 0 Å². The van der Waals surface area contributed by atoms with Crippen molar-refractivity contribution in [3.8, 4) is 11.5 Å². The van der Waals surface area contributed by atoms with E-state index in [0.29, 0.717) is 18.5 Å². The van der Waals surface area contributed by atoms with Crippen LogP contribution in [0.15, 0.2) is 42.5 Å². The van der Waals surface area contributed by atoms with Gasteiger partial charge in [0.2, 0.25) is 0 Å². The Morgan fingerprint density at radius 1 is 1.14 bits per heavy atom. The molecule has 2 aromatic carbocycles. The van der Waals surface area contributed by atoms with Crippen LogP contribution in [0.5, 0.6) is 11.5 Å². The van der Waals surface area contributed by atoms with E-state index in [2.05, 4.69) is 17.4 Å². The Hall–Kier alpha value is -2.99. The average molecular weight is 391 g/mol. The molecule has 0 spiro atoms. The first-order valence-electron chi connectivity index (χ1n) is 10.1. The average Bonchev–Trinajstić information content (AvgIpc) is 3.18. The van der Waals surface area contributed by atoms with E-state index in [4.69, 9.17) is 24.9 Å². The van der Waals surface area contributed by atoms with Gasteiger partial charge in [-0.1, -0.05) is 12.1 Å². The molecule has 3 aromatic rings. The monoisotopic (exact) mass is 391 g/mol. The lowest BCUT2D eigenvalue weighted by atomic mass is 9.91. The Labute approximate surface area is 170 Å². The first kappa shape index (κ1) is 18.1. The first-order valence-corrected chi connectivity index (χ1v) is 10.1. The van der Waals surface area contributed by atoms with E-state index in [0.717, 1.165) is 65.3 Å². The smallest absolute Gasteiger partial charge is 0.128 e. The van der Waals surface area contributed by atoms with Gasteiger partial charge in [-0.15, -0.1) is 0 Å². The van der Waals surface area contributed by atoms with Gasteiger partial charge in [-0.05, 0) is 43.2 Å². The lowest BCUT2D eigenvalue weighted by molar-refractivity contribution is 0.0905. The van der Waals surface area contributed by atoms with Crippen molar-refractivity contribution in [2.24, 2.45) is 0 Å². The topological polar surface area (TPSA) is 78.6 Å². The van der Waals surface area contributed by atoms with Crippen LogP contribution >= 0.6 is 0 Å². The summed E-state index contributed by atoms with van der Waals surface area (Å²) >= 11 is 0. The molecule has 5 rings (SSSR count). The summed E-state index contributed by atoms with van der Waals surface area (Å²) in [6.07, 6.45) is 2.01. The Morgan fingerprint density at radius 3 is 2.79 bits per heavy atom. The Bertz CT molecular complexity index is 1050. The van der Waals surface area contributed by atoms with Gasteiger partial charge in [-0.25, -0.2) is 4.98 Å². The number of aromatic nitrogens is 1.